The highest BCUT2D eigenvalue weighted by Gasteiger charge is 2.12. The lowest BCUT2D eigenvalue weighted by molar-refractivity contribution is 0.104. The van der Waals surface area contributed by atoms with Gasteiger partial charge >= 0.3 is 0 Å². The van der Waals surface area contributed by atoms with Crippen molar-refractivity contribution in [2.75, 3.05) is 0 Å². The first kappa shape index (κ1) is 12.3. The summed E-state index contributed by atoms with van der Waals surface area (Å²) in [7, 11) is 0. The third kappa shape index (κ3) is 2.55. The number of thiophene rings is 1. The lowest BCUT2D eigenvalue weighted by Crippen LogP contribution is -2.01. The number of benzene rings is 1. The van der Waals surface area contributed by atoms with Crippen LogP contribution in [0.4, 0.5) is 0 Å². The Bertz CT molecular complexity index is 632. The molecule has 18 heavy (non-hydrogen) atoms. The number of hydrogen-bond donors (Lipinski definition) is 0. The van der Waals surface area contributed by atoms with Crippen LogP contribution in [0.3, 0.4) is 0 Å². The van der Waals surface area contributed by atoms with Crippen molar-refractivity contribution in [3.05, 3.63) is 63.4 Å². The first-order valence-electron chi connectivity index (χ1n) is 5.48. The van der Waals surface area contributed by atoms with Crippen molar-refractivity contribution in [1.82, 2.24) is 0 Å². The maximum atomic E-state index is 12.1. The van der Waals surface area contributed by atoms with Gasteiger partial charge in [-0.2, -0.15) is 5.26 Å². The van der Waals surface area contributed by atoms with E-state index in [1.165, 1.54) is 11.3 Å². The van der Waals surface area contributed by atoms with E-state index in [1.54, 1.807) is 30.3 Å². The van der Waals surface area contributed by atoms with Gasteiger partial charge in [0.25, 0.3) is 0 Å². The second-order valence-corrected chi connectivity index (χ2v) is 4.78. The zero-order chi connectivity index (χ0) is 13.0. The summed E-state index contributed by atoms with van der Waals surface area (Å²) >= 11 is 1.53. The summed E-state index contributed by atoms with van der Waals surface area (Å²) in [5.41, 5.74) is 1.79. The molecule has 0 aliphatic heterocycles. The molecule has 0 saturated heterocycles. The van der Waals surface area contributed by atoms with Crippen LogP contribution in [0, 0.1) is 18.3 Å². The average molecular weight is 253 g/mol. The second-order valence-electron chi connectivity index (χ2n) is 3.83. The van der Waals surface area contributed by atoms with Crippen molar-refractivity contribution < 1.29 is 4.79 Å². The van der Waals surface area contributed by atoms with Gasteiger partial charge in [-0.25, -0.2) is 0 Å². The van der Waals surface area contributed by atoms with Crippen molar-refractivity contribution >= 4 is 23.2 Å². The smallest absolute Gasteiger partial charge is 0.203 e. The third-order valence-corrected chi connectivity index (χ3v) is 3.54. The van der Waals surface area contributed by atoms with Crippen molar-refractivity contribution in [2.24, 2.45) is 0 Å². The molecule has 0 amide bonds. The molecule has 2 nitrogen and oxygen atoms in total. The normalized spacial score (nSPS) is 11.0. The molecule has 0 aliphatic carbocycles. The number of Topliss-reactive ketones (excluding diaryl/α,β-unsaturated/α-hetero) is 1. The standard InChI is InChI=1S/C15H11NOS/c1-11-7-8-18-14(11)9-13(10-16)15(17)12-5-3-2-4-6-12/h2-9H,1H3/b13-9-. The molecule has 0 unspecified atom stereocenters. The molecule has 0 radical (unpaired) electrons. The van der Waals surface area contributed by atoms with Crippen LogP contribution in [-0.4, -0.2) is 5.78 Å². The van der Waals surface area contributed by atoms with E-state index >= 15 is 0 Å². The van der Waals surface area contributed by atoms with Gasteiger partial charge in [-0.3, -0.25) is 4.79 Å². The molecule has 1 aromatic heterocycles. The van der Waals surface area contributed by atoms with Crippen LogP contribution in [0.5, 0.6) is 0 Å². The Morgan fingerprint density at radius 2 is 2.00 bits per heavy atom. The third-order valence-electron chi connectivity index (χ3n) is 2.58. The fourth-order valence-corrected chi connectivity index (χ4v) is 2.42. The Morgan fingerprint density at radius 1 is 1.28 bits per heavy atom. The van der Waals surface area contributed by atoms with Gasteiger partial charge in [-0.15, -0.1) is 11.3 Å². The van der Waals surface area contributed by atoms with Gasteiger partial charge in [0.05, 0.1) is 0 Å². The predicted molar refractivity (Wildman–Crippen MR) is 73.4 cm³/mol. The Hall–Kier alpha value is -2.18. The second kappa shape index (κ2) is 5.44. The summed E-state index contributed by atoms with van der Waals surface area (Å²) in [6.45, 7) is 1.96. The summed E-state index contributed by atoms with van der Waals surface area (Å²) in [6, 6.07) is 12.8. The van der Waals surface area contributed by atoms with Gasteiger partial charge in [0.15, 0.2) is 0 Å². The minimum atomic E-state index is -0.231. The fourth-order valence-electron chi connectivity index (χ4n) is 1.56. The Balaban J connectivity index is 2.37. The van der Waals surface area contributed by atoms with Crippen LogP contribution in [0.25, 0.3) is 6.08 Å². The quantitative estimate of drug-likeness (QED) is 0.473. The summed E-state index contributed by atoms with van der Waals surface area (Å²) in [6.07, 6.45) is 1.66. The molecular formula is C15H11NOS. The van der Waals surface area contributed by atoms with E-state index in [-0.39, 0.29) is 11.4 Å². The maximum absolute atomic E-state index is 12.1. The topological polar surface area (TPSA) is 40.9 Å². The minimum absolute atomic E-state index is 0.173. The average Bonchev–Trinajstić information content (AvgIpc) is 2.81. The lowest BCUT2D eigenvalue weighted by atomic mass is 10.0. The molecule has 0 N–H and O–H groups in total. The van der Waals surface area contributed by atoms with Gasteiger partial charge in [-0.1, -0.05) is 30.3 Å². The van der Waals surface area contributed by atoms with Crippen molar-refractivity contribution in [1.29, 1.82) is 5.26 Å². The maximum Gasteiger partial charge on any atom is 0.203 e. The predicted octanol–water partition coefficient (Wildman–Crippen LogP) is 3.85. The number of hydrogen-bond acceptors (Lipinski definition) is 3. The zero-order valence-electron chi connectivity index (χ0n) is 9.88. The molecule has 2 rings (SSSR count). The Labute approximate surface area is 110 Å². The van der Waals surface area contributed by atoms with Crippen LogP contribution in [0.2, 0.25) is 0 Å². The summed E-state index contributed by atoms with van der Waals surface area (Å²) < 4.78 is 0. The Kier molecular flexibility index (Phi) is 3.71. The number of allylic oxidation sites excluding steroid dienone is 1. The van der Waals surface area contributed by atoms with E-state index in [2.05, 4.69) is 0 Å². The summed E-state index contributed by atoms with van der Waals surface area (Å²) in [4.78, 5) is 13.1. The van der Waals surface area contributed by atoms with E-state index in [4.69, 9.17) is 5.26 Å². The fraction of sp³-hybridized carbons (Fsp3) is 0.0667. The molecule has 3 heteroatoms. The SMILES string of the molecule is Cc1ccsc1/C=C(/C#N)C(=O)c1ccccc1. The minimum Gasteiger partial charge on any atom is -0.288 e. The number of nitriles is 1. The van der Waals surface area contributed by atoms with E-state index in [1.807, 2.05) is 30.5 Å². The van der Waals surface area contributed by atoms with Gasteiger partial charge < -0.3 is 0 Å². The van der Waals surface area contributed by atoms with Gasteiger partial charge in [0.2, 0.25) is 5.78 Å². The molecule has 0 bridgehead atoms. The molecule has 1 heterocycles. The molecule has 2 aromatic rings. The Morgan fingerprint density at radius 3 is 2.56 bits per heavy atom. The number of nitrogens with zero attached hydrogens (tertiary/aromatic N) is 1. The largest absolute Gasteiger partial charge is 0.288 e. The molecule has 0 aliphatic rings. The number of ketones is 1. The van der Waals surface area contributed by atoms with Crippen LogP contribution in [-0.2, 0) is 0 Å². The lowest BCUT2D eigenvalue weighted by Gasteiger charge is -1.98. The van der Waals surface area contributed by atoms with Crippen LogP contribution in [0.1, 0.15) is 20.8 Å². The van der Waals surface area contributed by atoms with E-state index in [9.17, 15) is 4.79 Å². The van der Waals surface area contributed by atoms with Crippen LogP contribution >= 0.6 is 11.3 Å². The van der Waals surface area contributed by atoms with Crippen LogP contribution < -0.4 is 0 Å². The van der Waals surface area contributed by atoms with E-state index in [0.717, 1.165) is 10.4 Å². The van der Waals surface area contributed by atoms with E-state index in [0.29, 0.717) is 5.56 Å². The summed E-state index contributed by atoms with van der Waals surface area (Å²) in [5, 5.41) is 11.1. The zero-order valence-corrected chi connectivity index (χ0v) is 10.7. The van der Waals surface area contributed by atoms with Gasteiger partial charge in [-0.05, 0) is 30.0 Å². The number of aryl methyl sites for hydroxylation is 1. The van der Waals surface area contributed by atoms with Crippen molar-refractivity contribution in [3.8, 4) is 6.07 Å². The van der Waals surface area contributed by atoms with E-state index < -0.39 is 0 Å². The molecule has 88 valence electrons. The van der Waals surface area contributed by atoms with Gasteiger partial charge in [0, 0.05) is 10.4 Å². The molecule has 0 atom stereocenters. The number of carbonyl (C=O) groups is 1. The number of carbonyl (C=O) groups excluding carboxylic acids is 1. The first-order chi connectivity index (χ1) is 8.72. The first-order valence-corrected chi connectivity index (χ1v) is 6.36. The monoisotopic (exact) mass is 253 g/mol. The molecule has 1 aromatic carbocycles. The molecule has 0 saturated carbocycles. The molecule has 0 spiro atoms. The number of rotatable bonds is 3. The van der Waals surface area contributed by atoms with Crippen molar-refractivity contribution in [3.63, 3.8) is 0 Å². The highest BCUT2D eigenvalue weighted by atomic mass is 32.1. The van der Waals surface area contributed by atoms with Gasteiger partial charge in [0.1, 0.15) is 11.6 Å². The molecule has 0 fully saturated rings. The highest BCUT2D eigenvalue weighted by Crippen LogP contribution is 2.20. The highest BCUT2D eigenvalue weighted by molar-refractivity contribution is 7.11. The van der Waals surface area contributed by atoms with Crippen LogP contribution in [0.15, 0.2) is 47.4 Å². The van der Waals surface area contributed by atoms with Crippen molar-refractivity contribution in [2.45, 2.75) is 6.92 Å². The summed E-state index contributed by atoms with van der Waals surface area (Å²) in [5.74, 6) is -0.231. The molecular weight excluding hydrogens is 242 g/mol.